The summed E-state index contributed by atoms with van der Waals surface area (Å²) in [5.41, 5.74) is 4.27. The van der Waals surface area contributed by atoms with E-state index in [0.29, 0.717) is 10.8 Å². The molecular formula is C14H18. The summed E-state index contributed by atoms with van der Waals surface area (Å²) in [5.74, 6) is 0. The van der Waals surface area contributed by atoms with E-state index in [0.717, 1.165) is 0 Å². The highest BCUT2D eigenvalue weighted by atomic mass is 14.5. The SMILES string of the molecule is CC12CCC(C)(CC1)c1ccccc12. The predicted molar refractivity (Wildman–Crippen MR) is 59.6 cm³/mol. The Bertz CT molecular complexity index is 330. The van der Waals surface area contributed by atoms with Gasteiger partial charge in [0.15, 0.2) is 0 Å². The molecule has 0 amide bonds. The van der Waals surface area contributed by atoms with Crippen molar-refractivity contribution in [3.05, 3.63) is 35.4 Å². The fourth-order valence-electron chi connectivity index (χ4n) is 3.43. The molecule has 0 radical (unpaired) electrons. The first kappa shape index (κ1) is 8.52. The molecule has 0 aromatic heterocycles. The summed E-state index contributed by atoms with van der Waals surface area (Å²) in [7, 11) is 0. The van der Waals surface area contributed by atoms with Crippen LogP contribution in [0.4, 0.5) is 0 Å². The van der Waals surface area contributed by atoms with Crippen molar-refractivity contribution in [3.8, 4) is 0 Å². The Morgan fingerprint density at radius 2 is 1.14 bits per heavy atom. The highest BCUT2D eigenvalue weighted by Gasteiger charge is 2.46. The maximum Gasteiger partial charge on any atom is -0.00717 e. The van der Waals surface area contributed by atoms with E-state index in [4.69, 9.17) is 0 Å². The highest BCUT2D eigenvalue weighted by molar-refractivity contribution is 5.44. The van der Waals surface area contributed by atoms with Crippen molar-refractivity contribution < 1.29 is 0 Å². The van der Waals surface area contributed by atoms with Gasteiger partial charge in [0.05, 0.1) is 0 Å². The first-order chi connectivity index (χ1) is 6.64. The number of hydrogen-bond acceptors (Lipinski definition) is 0. The lowest BCUT2D eigenvalue weighted by molar-refractivity contribution is 0.188. The van der Waals surface area contributed by atoms with Crippen LogP contribution in [-0.2, 0) is 10.8 Å². The van der Waals surface area contributed by atoms with Gasteiger partial charge >= 0.3 is 0 Å². The molecule has 0 saturated heterocycles. The van der Waals surface area contributed by atoms with Crippen molar-refractivity contribution in [1.82, 2.24) is 0 Å². The van der Waals surface area contributed by atoms with Gasteiger partial charge in [-0.25, -0.2) is 0 Å². The fourth-order valence-corrected chi connectivity index (χ4v) is 3.43. The van der Waals surface area contributed by atoms with Crippen LogP contribution in [0.25, 0.3) is 0 Å². The van der Waals surface area contributed by atoms with E-state index >= 15 is 0 Å². The maximum atomic E-state index is 2.45. The third kappa shape index (κ3) is 0.893. The molecule has 74 valence electrons. The topological polar surface area (TPSA) is 0 Å². The van der Waals surface area contributed by atoms with Crippen LogP contribution < -0.4 is 0 Å². The minimum atomic E-state index is 0.494. The average molecular weight is 186 g/mol. The van der Waals surface area contributed by atoms with E-state index in [-0.39, 0.29) is 0 Å². The molecule has 1 saturated carbocycles. The number of fused-ring (bicyclic) bond motifs is 2. The molecule has 0 N–H and O–H groups in total. The molecule has 1 aromatic rings. The van der Waals surface area contributed by atoms with Gasteiger partial charge in [0.25, 0.3) is 0 Å². The van der Waals surface area contributed by atoms with Gasteiger partial charge in [-0.05, 0) is 47.6 Å². The molecule has 1 fully saturated rings. The molecule has 4 rings (SSSR count). The van der Waals surface area contributed by atoms with Gasteiger partial charge in [0.2, 0.25) is 0 Å². The Labute approximate surface area is 86.3 Å². The van der Waals surface area contributed by atoms with E-state index in [9.17, 15) is 0 Å². The minimum absolute atomic E-state index is 0.494. The summed E-state index contributed by atoms with van der Waals surface area (Å²) in [4.78, 5) is 0. The number of rotatable bonds is 0. The van der Waals surface area contributed by atoms with E-state index in [1.807, 2.05) is 0 Å². The van der Waals surface area contributed by atoms with Crippen molar-refractivity contribution in [2.24, 2.45) is 0 Å². The summed E-state index contributed by atoms with van der Waals surface area (Å²) in [5, 5.41) is 0. The van der Waals surface area contributed by atoms with Crippen LogP contribution >= 0.6 is 0 Å². The van der Waals surface area contributed by atoms with Gasteiger partial charge < -0.3 is 0 Å². The van der Waals surface area contributed by atoms with Crippen LogP contribution in [0.15, 0.2) is 24.3 Å². The molecule has 0 heterocycles. The maximum absolute atomic E-state index is 2.45. The Morgan fingerprint density at radius 1 is 0.786 bits per heavy atom. The molecule has 2 bridgehead atoms. The van der Waals surface area contributed by atoms with Gasteiger partial charge in [-0.2, -0.15) is 0 Å². The molecule has 3 aliphatic carbocycles. The summed E-state index contributed by atoms with van der Waals surface area (Å²) in [6, 6.07) is 9.11. The van der Waals surface area contributed by atoms with Crippen LogP contribution in [0.3, 0.4) is 0 Å². The molecule has 0 heteroatoms. The Kier molecular flexibility index (Phi) is 1.47. The lowest BCUT2D eigenvalue weighted by atomic mass is 9.53. The first-order valence-corrected chi connectivity index (χ1v) is 5.74. The highest BCUT2D eigenvalue weighted by Crippen LogP contribution is 2.55. The van der Waals surface area contributed by atoms with E-state index < -0.39 is 0 Å². The molecular weight excluding hydrogens is 168 g/mol. The molecule has 0 unspecified atom stereocenters. The van der Waals surface area contributed by atoms with Crippen LogP contribution in [-0.4, -0.2) is 0 Å². The number of hydrogen-bond donors (Lipinski definition) is 0. The molecule has 3 aliphatic rings. The molecule has 0 aliphatic heterocycles. The van der Waals surface area contributed by atoms with Gasteiger partial charge in [0.1, 0.15) is 0 Å². The zero-order valence-corrected chi connectivity index (χ0v) is 9.14. The summed E-state index contributed by atoms with van der Waals surface area (Å²) >= 11 is 0. The third-order valence-electron chi connectivity index (χ3n) is 4.68. The zero-order valence-electron chi connectivity index (χ0n) is 9.14. The second-order valence-electron chi connectivity index (χ2n) is 5.67. The lowest BCUT2D eigenvalue weighted by Crippen LogP contribution is -2.43. The third-order valence-corrected chi connectivity index (χ3v) is 4.68. The van der Waals surface area contributed by atoms with E-state index in [2.05, 4.69) is 38.1 Å². The molecule has 0 atom stereocenters. The summed E-state index contributed by atoms with van der Waals surface area (Å²) in [6.45, 7) is 4.90. The second-order valence-corrected chi connectivity index (χ2v) is 5.67. The molecule has 1 aromatic carbocycles. The van der Waals surface area contributed by atoms with Crippen LogP contribution in [0.2, 0.25) is 0 Å². The Morgan fingerprint density at radius 3 is 1.50 bits per heavy atom. The Hall–Kier alpha value is -0.780. The zero-order chi connectivity index (χ0) is 9.81. The standard InChI is InChI=1S/C14H18/c1-13-7-9-14(2,10-8-13)12-6-4-3-5-11(12)13/h3-6H,7-10H2,1-2H3. The van der Waals surface area contributed by atoms with Gasteiger partial charge in [-0.3, -0.25) is 0 Å². The average Bonchev–Trinajstić information content (AvgIpc) is 2.22. The van der Waals surface area contributed by atoms with E-state index in [1.165, 1.54) is 25.7 Å². The molecule has 0 spiro atoms. The normalized spacial score (nSPS) is 39.6. The summed E-state index contributed by atoms with van der Waals surface area (Å²) in [6.07, 6.45) is 5.56. The van der Waals surface area contributed by atoms with Crippen LogP contribution in [0.1, 0.15) is 50.7 Å². The first-order valence-electron chi connectivity index (χ1n) is 5.74. The van der Waals surface area contributed by atoms with Gasteiger partial charge in [-0.1, -0.05) is 38.1 Å². The smallest absolute Gasteiger partial charge is 0.00717 e. The van der Waals surface area contributed by atoms with Crippen molar-refractivity contribution in [1.29, 1.82) is 0 Å². The fraction of sp³-hybridized carbons (Fsp3) is 0.571. The predicted octanol–water partition coefficient (Wildman–Crippen LogP) is 3.79. The second kappa shape index (κ2) is 2.42. The van der Waals surface area contributed by atoms with E-state index in [1.54, 1.807) is 11.1 Å². The number of benzene rings is 1. The van der Waals surface area contributed by atoms with Crippen molar-refractivity contribution in [2.45, 2.75) is 50.4 Å². The van der Waals surface area contributed by atoms with Crippen LogP contribution in [0.5, 0.6) is 0 Å². The largest absolute Gasteiger partial charge is 0.0620 e. The molecule has 14 heavy (non-hydrogen) atoms. The van der Waals surface area contributed by atoms with Gasteiger partial charge in [0, 0.05) is 0 Å². The van der Waals surface area contributed by atoms with Gasteiger partial charge in [-0.15, -0.1) is 0 Å². The lowest BCUT2D eigenvalue weighted by Gasteiger charge is -2.52. The monoisotopic (exact) mass is 186 g/mol. The molecule has 0 nitrogen and oxygen atoms in total. The summed E-state index contributed by atoms with van der Waals surface area (Å²) < 4.78 is 0. The minimum Gasteiger partial charge on any atom is -0.0620 e. The van der Waals surface area contributed by atoms with Crippen LogP contribution in [0, 0.1) is 0 Å². The van der Waals surface area contributed by atoms with Crippen molar-refractivity contribution in [3.63, 3.8) is 0 Å². The quantitative estimate of drug-likeness (QED) is 0.578. The van der Waals surface area contributed by atoms with Crippen molar-refractivity contribution in [2.75, 3.05) is 0 Å². The van der Waals surface area contributed by atoms with Crippen molar-refractivity contribution >= 4 is 0 Å². The Balaban J connectivity index is 2.28.